The van der Waals surface area contributed by atoms with Crippen molar-refractivity contribution in [3.63, 3.8) is 0 Å². The van der Waals surface area contributed by atoms with Crippen LogP contribution in [0.4, 0.5) is 4.79 Å². The first-order valence-corrected chi connectivity index (χ1v) is 9.30. The number of nitrogens with one attached hydrogen (secondary N) is 1. The molecule has 27 heavy (non-hydrogen) atoms. The van der Waals surface area contributed by atoms with E-state index in [4.69, 9.17) is 21.1 Å². The Morgan fingerprint density at radius 1 is 1.30 bits per heavy atom. The van der Waals surface area contributed by atoms with Crippen LogP contribution in [0.25, 0.3) is 0 Å². The molecule has 2 saturated heterocycles. The van der Waals surface area contributed by atoms with Gasteiger partial charge in [-0.15, -0.1) is 12.4 Å². The second-order valence-electron chi connectivity index (χ2n) is 7.07. The molecule has 0 aromatic heterocycles. The van der Waals surface area contributed by atoms with Gasteiger partial charge in [0.2, 0.25) is 5.91 Å². The summed E-state index contributed by atoms with van der Waals surface area (Å²) in [5.74, 6) is 0.642. The van der Waals surface area contributed by atoms with Crippen molar-refractivity contribution in [2.24, 2.45) is 0 Å². The average Bonchev–Trinajstić information content (AvgIpc) is 2.80. The van der Waals surface area contributed by atoms with Crippen molar-refractivity contribution in [2.75, 3.05) is 39.3 Å². The van der Waals surface area contributed by atoms with Crippen LogP contribution in [0.15, 0.2) is 18.2 Å². The molecule has 0 saturated carbocycles. The Bertz CT molecular complexity index is 725. The van der Waals surface area contributed by atoms with Crippen molar-refractivity contribution in [1.82, 2.24) is 15.1 Å². The second-order valence-corrected chi connectivity index (χ2v) is 7.51. The van der Waals surface area contributed by atoms with E-state index in [1.807, 2.05) is 12.1 Å². The van der Waals surface area contributed by atoms with Crippen molar-refractivity contribution in [3.05, 3.63) is 28.8 Å². The van der Waals surface area contributed by atoms with Crippen molar-refractivity contribution in [3.8, 4) is 5.75 Å². The maximum Gasteiger partial charge on any atom is 0.410 e. The van der Waals surface area contributed by atoms with Gasteiger partial charge in [0.1, 0.15) is 24.5 Å². The van der Waals surface area contributed by atoms with Crippen LogP contribution in [0.5, 0.6) is 5.75 Å². The number of amides is 2. The Labute approximate surface area is 169 Å². The molecule has 1 aromatic carbocycles. The maximum absolute atomic E-state index is 12.8. The molecule has 3 aliphatic rings. The van der Waals surface area contributed by atoms with Crippen LogP contribution in [0, 0.1) is 0 Å². The minimum Gasteiger partial charge on any atom is -0.491 e. The van der Waals surface area contributed by atoms with E-state index in [1.54, 1.807) is 11.0 Å². The predicted octanol–water partition coefficient (Wildman–Crippen LogP) is 2.06. The molecule has 1 spiro atoms. The molecule has 9 heteroatoms. The molecular weight excluding hydrogens is 393 g/mol. The highest BCUT2D eigenvalue weighted by Gasteiger charge is 2.46. The number of nitrogens with zero attached hydrogens (tertiary/aromatic N) is 2. The number of hydrogen-bond acceptors (Lipinski definition) is 5. The fraction of sp³-hybridized carbons (Fsp3) is 0.556. The Balaban J connectivity index is 0.00000210. The summed E-state index contributed by atoms with van der Waals surface area (Å²) in [5.41, 5.74) is 0.437. The normalized spacial score (nSPS) is 21.0. The van der Waals surface area contributed by atoms with Crippen LogP contribution in [-0.2, 0) is 16.1 Å². The van der Waals surface area contributed by atoms with Gasteiger partial charge in [-0.05, 0) is 31.3 Å². The lowest BCUT2D eigenvalue weighted by Crippen LogP contribution is -2.46. The zero-order chi connectivity index (χ0) is 18.1. The van der Waals surface area contributed by atoms with E-state index in [-0.39, 0.29) is 24.9 Å². The molecule has 148 valence electrons. The average molecular weight is 416 g/mol. The molecule has 3 aliphatic heterocycles. The lowest BCUT2D eigenvalue weighted by molar-refractivity contribution is -0.132. The number of benzene rings is 1. The molecule has 0 radical (unpaired) electrons. The summed E-state index contributed by atoms with van der Waals surface area (Å²) in [7, 11) is 0. The molecule has 2 fully saturated rings. The number of carbonyl (C=O) groups excluding carboxylic acids is 2. The number of carbonyl (C=O) groups is 2. The highest BCUT2D eigenvalue weighted by molar-refractivity contribution is 6.30. The van der Waals surface area contributed by atoms with Crippen molar-refractivity contribution in [1.29, 1.82) is 0 Å². The zero-order valence-corrected chi connectivity index (χ0v) is 16.5. The zero-order valence-electron chi connectivity index (χ0n) is 14.9. The topological polar surface area (TPSA) is 71.1 Å². The van der Waals surface area contributed by atoms with E-state index in [2.05, 4.69) is 5.32 Å². The summed E-state index contributed by atoms with van der Waals surface area (Å²) in [4.78, 5) is 28.3. The van der Waals surface area contributed by atoms with Crippen LogP contribution >= 0.6 is 24.0 Å². The van der Waals surface area contributed by atoms with E-state index in [0.29, 0.717) is 31.3 Å². The van der Waals surface area contributed by atoms with Crippen LogP contribution in [0.2, 0.25) is 5.02 Å². The fourth-order valence-corrected chi connectivity index (χ4v) is 3.99. The number of piperidine rings is 1. The number of halogens is 2. The monoisotopic (exact) mass is 415 g/mol. The maximum atomic E-state index is 12.8. The highest BCUT2D eigenvalue weighted by Crippen LogP contribution is 2.31. The van der Waals surface area contributed by atoms with E-state index in [9.17, 15) is 9.59 Å². The lowest BCUT2D eigenvalue weighted by Gasteiger charge is -2.31. The standard InChI is InChI=1S/C18H22ClN3O4.ClH/c19-14-1-2-15-13(9-14)10-21(7-8-25-15)16(23)11-22-12-18(26-17(22)24)3-5-20-6-4-18;/h1-2,9,20H,3-8,10-12H2;1H. The van der Waals surface area contributed by atoms with Crippen molar-refractivity contribution < 1.29 is 19.1 Å². The van der Waals surface area contributed by atoms with Gasteiger partial charge in [-0.2, -0.15) is 0 Å². The van der Waals surface area contributed by atoms with Gasteiger partial charge in [0, 0.05) is 30.0 Å². The van der Waals surface area contributed by atoms with Gasteiger partial charge in [-0.1, -0.05) is 11.6 Å². The van der Waals surface area contributed by atoms with Crippen LogP contribution in [-0.4, -0.2) is 66.7 Å². The van der Waals surface area contributed by atoms with Crippen molar-refractivity contribution in [2.45, 2.75) is 25.0 Å². The lowest BCUT2D eigenvalue weighted by atomic mass is 9.92. The molecule has 4 rings (SSSR count). The van der Waals surface area contributed by atoms with Gasteiger partial charge < -0.3 is 19.7 Å². The van der Waals surface area contributed by atoms with Crippen LogP contribution in [0.3, 0.4) is 0 Å². The molecule has 0 aliphatic carbocycles. The summed E-state index contributed by atoms with van der Waals surface area (Å²) in [6.07, 6.45) is 1.18. The van der Waals surface area contributed by atoms with E-state index >= 15 is 0 Å². The smallest absolute Gasteiger partial charge is 0.410 e. The van der Waals surface area contributed by atoms with Gasteiger partial charge >= 0.3 is 6.09 Å². The summed E-state index contributed by atoms with van der Waals surface area (Å²) in [6.45, 7) is 3.48. The van der Waals surface area contributed by atoms with E-state index in [0.717, 1.165) is 37.2 Å². The van der Waals surface area contributed by atoms with E-state index in [1.165, 1.54) is 4.90 Å². The molecule has 0 bridgehead atoms. The minimum atomic E-state index is -0.440. The first kappa shape index (κ1) is 20.0. The molecule has 0 atom stereocenters. The summed E-state index contributed by atoms with van der Waals surface area (Å²) >= 11 is 6.06. The predicted molar refractivity (Wildman–Crippen MR) is 103 cm³/mol. The Morgan fingerprint density at radius 3 is 2.85 bits per heavy atom. The quantitative estimate of drug-likeness (QED) is 0.800. The van der Waals surface area contributed by atoms with Gasteiger partial charge in [-0.3, -0.25) is 9.69 Å². The Hall–Kier alpha value is -1.70. The van der Waals surface area contributed by atoms with Crippen LogP contribution < -0.4 is 10.1 Å². The van der Waals surface area contributed by atoms with Crippen LogP contribution in [0.1, 0.15) is 18.4 Å². The molecule has 7 nitrogen and oxygen atoms in total. The van der Waals surface area contributed by atoms with Crippen molar-refractivity contribution >= 4 is 36.0 Å². The Morgan fingerprint density at radius 2 is 2.07 bits per heavy atom. The SMILES string of the molecule is Cl.O=C(CN1CC2(CCNCC2)OC1=O)N1CCOc2ccc(Cl)cc2C1. The summed E-state index contributed by atoms with van der Waals surface area (Å²) < 4.78 is 11.3. The largest absolute Gasteiger partial charge is 0.491 e. The minimum absolute atomic E-state index is 0. The summed E-state index contributed by atoms with van der Waals surface area (Å²) in [5, 5.41) is 3.88. The third-order valence-corrected chi connectivity index (χ3v) is 5.47. The molecule has 3 heterocycles. The van der Waals surface area contributed by atoms with Gasteiger partial charge in [0.15, 0.2) is 0 Å². The first-order chi connectivity index (χ1) is 12.5. The molecule has 1 N–H and O–H groups in total. The number of ether oxygens (including phenoxy) is 2. The van der Waals surface area contributed by atoms with Gasteiger partial charge in [0.05, 0.1) is 13.1 Å². The third-order valence-electron chi connectivity index (χ3n) is 5.24. The number of rotatable bonds is 2. The molecule has 0 unspecified atom stereocenters. The third kappa shape index (κ3) is 4.25. The summed E-state index contributed by atoms with van der Waals surface area (Å²) in [6, 6.07) is 5.41. The molecule has 2 amide bonds. The van der Waals surface area contributed by atoms with Gasteiger partial charge in [0.25, 0.3) is 0 Å². The Kier molecular flexibility index (Phi) is 6.03. The number of hydrogen-bond donors (Lipinski definition) is 1. The van der Waals surface area contributed by atoms with Gasteiger partial charge in [-0.25, -0.2) is 4.79 Å². The fourth-order valence-electron chi connectivity index (χ4n) is 3.80. The molecule has 1 aromatic rings. The van der Waals surface area contributed by atoms with E-state index < -0.39 is 11.7 Å². The number of fused-ring (bicyclic) bond motifs is 1. The second kappa shape index (κ2) is 8.12. The molecular formula is C18H23Cl2N3O4. The first-order valence-electron chi connectivity index (χ1n) is 8.92. The highest BCUT2D eigenvalue weighted by atomic mass is 35.5.